The van der Waals surface area contributed by atoms with Gasteiger partial charge >= 0.3 is 0 Å². The Morgan fingerprint density at radius 3 is 2.21 bits per heavy atom. The fraction of sp³-hybridized carbons (Fsp3) is 0.947. The van der Waals surface area contributed by atoms with Crippen molar-refractivity contribution >= 4 is 5.91 Å². The number of rotatable bonds is 6. The summed E-state index contributed by atoms with van der Waals surface area (Å²) in [5, 5.41) is 83.2. The molecule has 3 aliphatic heterocycles. The van der Waals surface area contributed by atoms with Crippen LogP contribution in [-0.2, 0) is 28.5 Å². The zero-order valence-corrected chi connectivity index (χ0v) is 18.5. The largest absolute Gasteiger partial charge is 0.388 e. The molecule has 14 atom stereocenters. The van der Waals surface area contributed by atoms with Gasteiger partial charge in [-0.15, -0.1) is 0 Å². The van der Waals surface area contributed by atoms with E-state index in [9.17, 15) is 45.6 Å². The van der Waals surface area contributed by atoms with Crippen LogP contribution < -0.4 is 5.32 Å². The summed E-state index contributed by atoms with van der Waals surface area (Å²) in [6.07, 6.45) is -19.1. The molecule has 0 aromatic heterocycles. The topological polar surface area (TPSA) is 237 Å². The van der Waals surface area contributed by atoms with Crippen LogP contribution in [0.2, 0.25) is 0 Å². The first-order chi connectivity index (χ1) is 15.9. The molecule has 3 rings (SSSR count). The molecule has 3 aliphatic rings. The van der Waals surface area contributed by atoms with Crippen molar-refractivity contribution in [1.82, 2.24) is 5.32 Å². The van der Waals surface area contributed by atoms with E-state index in [-0.39, 0.29) is 6.61 Å². The molecule has 3 heterocycles. The van der Waals surface area contributed by atoms with Crippen molar-refractivity contribution in [1.29, 1.82) is 0 Å². The molecule has 15 heteroatoms. The van der Waals surface area contributed by atoms with Gasteiger partial charge in [-0.2, -0.15) is 0 Å². The smallest absolute Gasteiger partial charge is 0.217 e. The fourth-order valence-electron chi connectivity index (χ4n) is 4.00. The molecule has 9 N–H and O–H groups in total. The van der Waals surface area contributed by atoms with Crippen LogP contribution in [0.5, 0.6) is 0 Å². The minimum Gasteiger partial charge on any atom is -0.388 e. The maximum Gasteiger partial charge on any atom is 0.217 e. The standard InChI is InChI=1S/C19H33NO14/c1-5-10(23)14(27)16(34-18-15(28)11(24)7(22)3-30-18)19(32-5)31-4-8-12(25)13(26)9(17(29)33-8)20-6(2)21/h5,7-19,22-29H,3-4H2,1-2H3,(H,20,21)/t5-,7-,8-,9-,10+,11+,12-,13-,14+,15-,16-,17-,18+,19-/m1/s1. The lowest BCUT2D eigenvalue weighted by molar-refractivity contribution is -0.358. The number of carbonyl (C=O) groups excluding carboxylic acids is 1. The lowest BCUT2D eigenvalue weighted by Crippen LogP contribution is -2.65. The van der Waals surface area contributed by atoms with E-state index in [1.54, 1.807) is 0 Å². The minimum absolute atomic E-state index is 0.371. The third kappa shape index (κ3) is 5.84. The summed E-state index contributed by atoms with van der Waals surface area (Å²) in [5.74, 6) is -0.560. The van der Waals surface area contributed by atoms with Crippen molar-refractivity contribution in [3.8, 4) is 0 Å². The van der Waals surface area contributed by atoms with E-state index in [4.69, 9.17) is 23.7 Å². The summed E-state index contributed by atoms with van der Waals surface area (Å²) in [7, 11) is 0. The Hall–Kier alpha value is -1.05. The van der Waals surface area contributed by atoms with Crippen molar-refractivity contribution < 1.29 is 69.3 Å². The Kier molecular flexibility index (Phi) is 9.18. The van der Waals surface area contributed by atoms with Crippen LogP contribution in [-0.4, -0.2) is 146 Å². The molecular weight excluding hydrogens is 466 g/mol. The van der Waals surface area contributed by atoms with Gasteiger partial charge in [0.05, 0.1) is 19.3 Å². The molecule has 198 valence electrons. The second kappa shape index (κ2) is 11.3. The highest BCUT2D eigenvalue weighted by atomic mass is 16.8. The Morgan fingerprint density at radius 1 is 0.882 bits per heavy atom. The maximum absolute atomic E-state index is 11.2. The van der Waals surface area contributed by atoms with Crippen LogP contribution in [0.15, 0.2) is 0 Å². The Bertz CT molecular complexity index is 685. The Labute approximate surface area is 194 Å². The molecule has 15 nitrogen and oxygen atoms in total. The number of carbonyl (C=O) groups is 1. The predicted octanol–water partition coefficient (Wildman–Crippen LogP) is -5.76. The quantitative estimate of drug-likeness (QED) is 0.166. The SMILES string of the molecule is CC(=O)N[C@@H]1[C@@H](O)[C@H](O)[C@@H](CO[C@@H]2O[C@H](C)[C@H](O)[C@H](O)[C@H]2O[C@@H]2OC[C@@H](O)[C@H](O)[C@H]2O)O[C@H]1O. The average Bonchev–Trinajstić information content (AvgIpc) is 2.78. The summed E-state index contributed by atoms with van der Waals surface area (Å²) in [6.45, 7) is 1.75. The van der Waals surface area contributed by atoms with E-state index in [1.165, 1.54) is 6.92 Å². The predicted molar refractivity (Wildman–Crippen MR) is 105 cm³/mol. The van der Waals surface area contributed by atoms with E-state index >= 15 is 0 Å². The molecule has 0 radical (unpaired) electrons. The average molecular weight is 499 g/mol. The number of aliphatic hydroxyl groups excluding tert-OH is 8. The first-order valence-corrected chi connectivity index (χ1v) is 10.8. The molecule has 0 aromatic rings. The summed E-state index contributed by atoms with van der Waals surface area (Å²) in [4.78, 5) is 11.2. The summed E-state index contributed by atoms with van der Waals surface area (Å²) in [5.41, 5.74) is 0. The van der Waals surface area contributed by atoms with Gasteiger partial charge in [-0.05, 0) is 6.92 Å². The summed E-state index contributed by atoms with van der Waals surface area (Å²) < 4.78 is 27.0. The zero-order valence-electron chi connectivity index (χ0n) is 18.5. The van der Waals surface area contributed by atoms with Crippen molar-refractivity contribution in [3.05, 3.63) is 0 Å². The van der Waals surface area contributed by atoms with Crippen LogP contribution >= 0.6 is 0 Å². The van der Waals surface area contributed by atoms with Crippen molar-refractivity contribution in [2.75, 3.05) is 13.2 Å². The van der Waals surface area contributed by atoms with Gasteiger partial charge in [0.2, 0.25) is 5.91 Å². The highest BCUT2D eigenvalue weighted by Gasteiger charge is 2.50. The van der Waals surface area contributed by atoms with E-state index in [1.807, 2.05) is 0 Å². The maximum atomic E-state index is 11.2. The molecule has 0 aromatic carbocycles. The zero-order chi connectivity index (χ0) is 25.3. The highest BCUT2D eigenvalue weighted by Crippen LogP contribution is 2.29. The van der Waals surface area contributed by atoms with Crippen molar-refractivity contribution in [2.24, 2.45) is 0 Å². The van der Waals surface area contributed by atoms with Gasteiger partial charge in [-0.3, -0.25) is 4.79 Å². The monoisotopic (exact) mass is 499 g/mol. The first-order valence-electron chi connectivity index (χ1n) is 10.8. The number of hydrogen-bond donors (Lipinski definition) is 9. The van der Waals surface area contributed by atoms with Gasteiger partial charge in [0.1, 0.15) is 61.0 Å². The number of aliphatic hydroxyl groups is 8. The van der Waals surface area contributed by atoms with Crippen LogP contribution in [0.4, 0.5) is 0 Å². The van der Waals surface area contributed by atoms with E-state index in [0.29, 0.717) is 0 Å². The Balaban J connectivity index is 1.67. The van der Waals surface area contributed by atoms with Crippen LogP contribution in [0, 0.1) is 0 Å². The van der Waals surface area contributed by atoms with Gasteiger partial charge in [0.15, 0.2) is 18.9 Å². The first kappa shape index (κ1) is 27.5. The van der Waals surface area contributed by atoms with Gasteiger partial charge in [-0.25, -0.2) is 0 Å². The van der Waals surface area contributed by atoms with Gasteiger partial charge in [-0.1, -0.05) is 0 Å². The molecule has 0 unspecified atom stereocenters. The lowest BCUT2D eigenvalue weighted by atomic mass is 9.96. The van der Waals surface area contributed by atoms with Crippen LogP contribution in [0.25, 0.3) is 0 Å². The van der Waals surface area contributed by atoms with Gasteiger partial charge < -0.3 is 69.9 Å². The minimum atomic E-state index is -1.69. The van der Waals surface area contributed by atoms with Crippen molar-refractivity contribution in [2.45, 2.75) is 99.8 Å². The summed E-state index contributed by atoms with van der Waals surface area (Å²) in [6, 6.07) is -1.28. The number of nitrogens with one attached hydrogen (secondary N) is 1. The summed E-state index contributed by atoms with van der Waals surface area (Å²) >= 11 is 0. The second-order valence-corrected chi connectivity index (χ2v) is 8.65. The molecule has 1 amide bonds. The molecule has 0 aliphatic carbocycles. The molecule has 34 heavy (non-hydrogen) atoms. The normalized spacial score (nSPS) is 50.1. The third-order valence-electron chi connectivity index (χ3n) is 6.04. The van der Waals surface area contributed by atoms with E-state index < -0.39 is 98.5 Å². The van der Waals surface area contributed by atoms with Crippen LogP contribution in [0.3, 0.4) is 0 Å². The second-order valence-electron chi connectivity index (χ2n) is 8.65. The number of amides is 1. The van der Waals surface area contributed by atoms with Gasteiger partial charge in [0.25, 0.3) is 0 Å². The molecule has 0 bridgehead atoms. The van der Waals surface area contributed by atoms with Gasteiger partial charge in [0, 0.05) is 6.92 Å². The van der Waals surface area contributed by atoms with Crippen LogP contribution in [0.1, 0.15) is 13.8 Å². The third-order valence-corrected chi connectivity index (χ3v) is 6.04. The van der Waals surface area contributed by atoms with Crippen molar-refractivity contribution in [3.63, 3.8) is 0 Å². The fourth-order valence-corrected chi connectivity index (χ4v) is 4.00. The molecule has 0 saturated carbocycles. The molecule has 3 saturated heterocycles. The Morgan fingerprint density at radius 2 is 1.56 bits per heavy atom. The molecule has 0 spiro atoms. The lowest BCUT2D eigenvalue weighted by Gasteiger charge is -2.45. The molecular formula is C19H33NO14. The van der Waals surface area contributed by atoms with E-state index in [2.05, 4.69) is 5.32 Å². The number of hydrogen-bond acceptors (Lipinski definition) is 14. The number of ether oxygens (including phenoxy) is 5. The highest BCUT2D eigenvalue weighted by molar-refractivity contribution is 5.73. The molecule has 3 fully saturated rings. The van der Waals surface area contributed by atoms with E-state index in [0.717, 1.165) is 6.92 Å².